The van der Waals surface area contributed by atoms with Gasteiger partial charge < -0.3 is 13.7 Å². The maximum absolute atomic E-state index is 5.42. The van der Waals surface area contributed by atoms with E-state index in [9.17, 15) is 0 Å². The standard InChI is InChI=1S/C58H37N5/c1-4-18-38(19-5-1)55-57(56(39-20-6-2-7-21-39)60-58(59-55)40-22-8-3-9-23-40)63-52-31-17-13-27-46(52)48-37-42(33-35-54(48)63)62-51-30-16-12-26-45(51)47-36-41(32-34-53(47)62)61-49-28-14-10-24-43(49)44-25-11-15-29-50(44)61/h1-37H. The van der Waals surface area contributed by atoms with Gasteiger partial charge in [-0.1, -0.05) is 164 Å². The minimum Gasteiger partial charge on any atom is -0.309 e. The topological polar surface area (TPSA) is 40.6 Å². The Morgan fingerprint density at radius 3 is 1.00 bits per heavy atom. The summed E-state index contributed by atoms with van der Waals surface area (Å²) in [7, 11) is 0. The lowest BCUT2D eigenvalue weighted by Crippen LogP contribution is -2.06. The van der Waals surface area contributed by atoms with Gasteiger partial charge in [-0.3, -0.25) is 0 Å². The molecule has 5 nitrogen and oxygen atoms in total. The number of nitrogens with zero attached hydrogens (tertiary/aromatic N) is 5. The van der Waals surface area contributed by atoms with Crippen molar-refractivity contribution in [3.8, 4) is 51.0 Å². The van der Waals surface area contributed by atoms with Crippen molar-refractivity contribution < 1.29 is 0 Å². The molecular weight excluding hydrogens is 767 g/mol. The van der Waals surface area contributed by atoms with Gasteiger partial charge in [0.25, 0.3) is 0 Å². The van der Waals surface area contributed by atoms with Gasteiger partial charge in [0.15, 0.2) is 5.82 Å². The van der Waals surface area contributed by atoms with Crippen molar-refractivity contribution in [1.29, 1.82) is 0 Å². The first-order valence-corrected chi connectivity index (χ1v) is 21.4. The highest BCUT2D eigenvalue weighted by Crippen LogP contribution is 2.43. The predicted molar refractivity (Wildman–Crippen MR) is 261 cm³/mol. The monoisotopic (exact) mass is 803 g/mol. The third-order valence-electron chi connectivity index (χ3n) is 12.6. The second-order valence-corrected chi connectivity index (χ2v) is 16.2. The fourth-order valence-corrected chi connectivity index (χ4v) is 9.90. The van der Waals surface area contributed by atoms with Crippen molar-refractivity contribution in [3.63, 3.8) is 0 Å². The van der Waals surface area contributed by atoms with Crippen LogP contribution < -0.4 is 0 Å². The van der Waals surface area contributed by atoms with E-state index in [2.05, 4.69) is 220 Å². The van der Waals surface area contributed by atoms with Crippen molar-refractivity contribution in [1.82, 2.24) is 23.7 Å². The Morgan fingerprint density at radius 1 is 0.254 bits per heavy atom. The van der Waals surface area contributed by atoms with E-state index in [1.54, 1.807) is 0 Å². The lowest BCUT2D eigenvalue weighted by Gasteiger charge is -2.19. The summed E-state index contributed by atoms with van der Waals surface area (Å²) in [6, 6.07) is 80.1. The first-order valence-electron chi connectivity index (χ1n) is 21.4. The SMILES string of the molecule is c1ccc(-c2nc(-c3ccccc3)c(-n3c4ccccc4c4cc(-n5c6ccccc6c6cc(-n7c8ccccc8c8ccccc87)ccc65)ccc43)c(-c3ccccc3)n2)cc1. The van der Waals surface area contributed by atoms with Crippen LogP contribution in [-0.4, -0.2) is 23.7 Å². The summed E-state index contributed by atoms with van der Waals surface area (Å²) < 4.78 is 7.22. The van der Waals surface area contributed by atoms with E-state index >= 15 is 0 Å². The smallest absolute Gasteiger partial charge is 0.160 e. The molecule has 4 heterocycles. The molecule has 5 heteroatoms. The molecule has 9 aromatic carbocycles. The zero-order valence-corrected chi connectivity index (χ0v) is 34.1. The van der Waals surface area contributed by atoms with Crippen LogP contribution in [-0.2, 0) is 0 Å². The molecule has 0 spiro atoms. The van der Waals surface area contributed by atoms with Crippen LogP contribution in [0.2, 0.25) is 0 Å². The number of benzene rings is 9. The molecule has 0 aliphatic rings. The molecule has 4 aromatic heterocycles. The Kier molecular flexibility index (Phi) is 7.84. The summed E-state index contributed by atoms with van der Waals surface area (Å²) in [5.41, 5.74) is 14.9. The molecule has 0 radical (unpaired) electrons. The molecule has 0 atom stereocenters. The van der Waals surface area contributed by atoms with Crippen LogP contribution in [0.25, 0.3) is 116 Å². The van der Waals surface area contributed by atoms with Crippen LogP contribution in [0, 0.1) is 0 Å². The highest BCUT2D eigenvalue weighted by Gasteiger charge is 2.25. The van der Waals surface area contributed by atoms with Crippen LogP contribution in [0.4, 0.5) is 0 Å². The number of fused-ring (bicyclic) bond motifs is 9. The third kappa shape index (κ3) is 5.43. The van der Waals surface area contributed by atoms with Gasteiger partial charge in [0.1, 0.15) is 0 Å². The highest BCUT2D eigenvalue weighted by molar-refractivity contribution is 6.14. The van der Waals surface area contributed by atoms with Crippen LogP contribution in [0.3, 0.4) is 0 Å². The molecule has 13 aromatic rings. The maximum atomic E-state index is 5.42. The van der Waals surface area contributed by atoms with Gasteiger partial charge in [-0.05, 0) is 60.7 Å². The first kappa shape index (κ1) is 35.2. The van der Waals surface area contributed by atoms with Gasteiger partial charge in [-0.2, -0.15) is 0 Å². The number of hydrogen-bond donors (Lipinski definition) is 0. The van der Waals surface area contributed by atoms with Gasteiger partial charge in [-0.25, -0.2) is 9.97 Å². The first-order chi connectivity index (χ1) is 31.3. The molecule has 294 valence electrons. The molecule has 0 aliphatic carbocycles. The number of aromatic nitrogens is 5. The average molecular weight is 804 g/mol. The quantitative estimate of drug-likeness (QED) is 0.168. The Labute approximate surface area is 363 Å². The van der Waals surface area contributed by atoms with Gasteiger partial charge in [0.05, 0.1) is 50.2 Å². The second kappa shape index (κ2) is 14.0. The van der Waals surface area contributed by atoms with E-state index in [0.717, 1.165) is 78.0 Å². The molecule has 0 saturated carbocycles. The lowest BCUT2D eigenvalue weighted by atomic mass is 10.0. The zero-order valence-electron chi connectivity index (χ0n) is 34.1. The van der Waals surface area contributed by atoms with Gasteiger partial charge in [-0.15, -0.1) is 0 Å². The molecule has 63 heavy (non-hydrogen) atoms. The summed E-state index contributed by atoms with van der Waals surface area (Å²) in [5, 5.41) is 7.26. The van der Waals surface area contributed by atoms with Crippen molar-refractivity contribution in [3.05, 3.63) is 224 Å². The molecule has 13 rings (SSSR count). The molecule has 0 saturated heterocycles. The minimum atomic E-state index is 0.688. The van der Waals surface area contributed by atoms with E-state index < -0.39 is 0 Å². The fourth-order valence-electron chi connectivity index (χ4n) is 9.90. The number of para-hydroxylation sites is 4. The Bertz CT molecular complexity index is 3780. The van der Waals surface area contributed by atoms with Crippen LogP contribution in [0.5, 0.6) is 0 Å². The van der Waals surface area contributed by atoms with Gasteiger partial charge in [0, 0.05) is 60.4 Å². The summed E-state index contributed by atoms with van der Waals surface area (Å²) in [4.78, 5) is 10.8. The van der Waals surface area contributed by atoms with E-state index in [1.165, 1.54) is 32.6 Å². The predicted octanol–water partition coefficient (Wildman–Crippen LogP) is 14.8. The highest BCUT2D eigenvalue weighted by atomic mass is 15.1. The Balaban J connectivity index is 1.06. The maximum Gasteiger partial charge on any atom is 0.160 e. The molecule has 0 fully saturated rings. The van der Waals surface area contributed by atoms with E-state index in [0.29, 0.717) is 5.82 Å². The summed E-state index contributed by atoms with van der Waals surface area (Å²) in [6.45, 7) is 0. The average Bonchev–Trinajstić information content (AvgIpc) is 3.99. The molecule has 0 unspecified atom stereocenters. The summed E-state index contributed by atoms with van der Waals surface area (Å²) in [5.74, 6) is 0.688. The molecular formula is C58H37N5. The zero-order chi connectivity index (χ0) is 41.4. The minimum absolute atomic E-state index is 0.688. The fraction of sp³-hybridized carbons (Fsp3) is 0. The number of hydrogen-bond acceptors (Lipinski definition) is 2. The molecule has 0 amide bonds. The van der Waals surface area contributed by atoms with Crippen LogP contribution in [0.15, 0.2) is 224 Å². The lowest BCUT2D eigenvalue weighted by molar-refractivity contribution is 1.09. The van der Waals surface area contributed by atoms with E-state index in [1.807, 2.05) is 18.2 Å². The van der Waals surface area contributed by atoms with E-state index in [4.69, 9.17) is 9.97 Å². The van der Waals surface area contributed by atoms with Crippen molar-refractivity contribution >= 4 is 65.4 Å². The third-order valence-corrected chi connectivity index (χ3v) is 12.6. The Hall–Kier alpha value is -8.54. The van der Waals surface area contributed by atoms with Gasteiger partial charge in [0.2, 0.25) is 0 Å². The number of rotatable bonds is 6. The molecule has 0 aliphatic heterocycles. The van der Waals surface area contributed by atoms with Crippen molar-refractivity contribution in [2.75, 3.05) is 0 Å². The Morgan fingerprint density at radius 2 is 0.571 bits per heavy atom. The summed E-state index contributed by atoms with van der Waals surface area (Å²) in [6.07, 6.45) is 0. The van der Waals surface area contributed by atoms with Crippen LogP contribution in [0.1, 0.15) is 0 Å². The largest absolute Gasteiger partial charge is 0.309 e. The van der Waals surface area contributed by atoms with Gasteiger partial charge >= 0.3 is 0 Å². The molecule has 0 bridgehead atoms. The van der Waals surface area contributed by atoms with Crippen molar-refractivity contribution in [2.24, 2.45) is 0 Å². The summed E-state index contributed by atoms with van der Waals surface area (Å²) >= 11 is 0. The molecule has 0 N–H and O–H groups in total. The van der Waals surface area contributed by atoms with Crippen LogP contribution >= 0.6 is 0 Å². The second-order valence-electron chi connectivity index (χ2n) is 16.2. The normalized spacial score (nSPS) is 11.8. The van der Waals surface area contributed by atoms with Crippen molar-refractivity contribution in [2.45, 2.75) is 0 Å². The van der Waals surface area contributed by atoms with E-state index in [-0.39, 0.29) is 0 Å².